The van der Waals surface area contributed by atoms with Gasteiger partial charge in [0, 0.05) is 18.8 Å². The van der Waals surface area contributed by atoms with Crippen molar-refractivity contribution in [3.63, 3.8) is 0 Å². The number of nitrogens with zero attached hydrogens (tertiary/aromatic N) is 3. The van der Waals surface area contributed by atoms with Crippen molar-refractivity contribution < 1.29 is 19.7 Å². The monoisotopic (exact) mass is 306 g/mol. The SMILES string of the molecule is CC(C)C[C@H](NC(=O)C1CC(c2cnccn2)=NO1)B(O)O. The van der Waals surface area contributed by atoms with E-state index in [0.717, 1.165) is 0 Å². The summed E-state index contributed by atoms with van der Waals surface area (Å²) in [6.07, 6.45) is 4.54. The van der Waals surface area contributed by atoms with E-state index in [-0.39, 0.29) is 12.3 Å². The van der Waals surface area contributed by atoms with Gasteiger partial charge in [-0.2, -0.15) is 0 Å². The van der Waals surface area contributed by atoms with E-state index >= 15 is 0 Å². The molecule has 1 unspecified atom stereocenters. The lowest BCUT2D eigenvalue weighted by molar-refractivity contribution is -0.131. The molecule has 2 rings (SSSR count). The fourth-order valence-electron chi connectivity index (χ4n) is 2.16. The first-order valence-electron chi connectivity index (χ1n) is 7.13. The molecule has 22 heavy (non-hydrogen) atoms. The molecule has 1 aromatic rings. The number of amides is 1. The number of oxime groups is 1. The molecule has 0 radical (unpaired) electrons. The average molecular weight is 306 g/mol. The molecule has 0 bridgehead atoms. The third-order valence-corrected chi connectivity index (χ3v) is 3.23. The Balaban J connectivity index is 1.92. The summed E-state index contributed by atoms with van der Waals surface area (Å²) in [6.45, 7) is 3.87. The third-order valence-electron chi connectivity index (χ3n) is 3.23. The Morgan fingerprint density at radius 2 is 2.27 bits per heavy atom. The average Bonchev–Trinajstić information content (AvgIpc) is 2.96. The second-order valence-corrected chi connectivity index (χ2v) is 5.59. The minimum atomic E-state index is -1.62. The zero-order valence-corrected chi connectivity index (χ0v) is 12.5. The highest BCUT2D eigenvalue weighted by atomic mass is 16.6. The second kappa shape index (κ2) is 7.32. The number of nitrogens with one attached hydrogen (secondary N) is 1. The summed E-state index contributed by atoms with van der Waals surface area (Å²) in [5, 5.41) is 25.1. The van der Waals surface area contributed by atoms with Crippen LogP contribution in [0.2, 0.25) is 0 Å². The normalized spacial score (nSPS) is 18.6. The maximum absolute atomic E-state index is 12.2. The number of carbonyl (C=O) groups is 1. The van der Waals surface area contributed by atoms with Gasteiger partial charge in [-0.25, -0.2) is 0 Å². The van der Waals surface area contributed by atoms with Gasteiger partial charge in [-0.1, -0.05) is 19.0 Å². The molecule has 0 spiro atoms. The van der Waals surface area contributed by atoms with E-state index < -0.39 is 25.1 Å². The van der Waals surface area contributed by atoms with Gasteiger partial charge in [0.1, 0.15) is 11.4 Å². The van der Waals surface area contributed by atoms with Crippen molar-refractivity contribution in [2.24, 2.45) is 11.1 Å². The van der Waals surface area contributed by atoms with Crippen LogP contribution in [0.15, 0.2) is 23.7 Å². The van der Waals surface area contributed by atoms with Gasteiger partial charge < -0.3 is 20.2 Å². The molecule has 1 aliphatic heterocycles. The Kier molecular flexibility index (Phi) is 5.45. The van der Waals surface area contributed by atoms with Crippen LogP contribution in [-0.2, 0) is 9.63 Å². The number of hydrogen-bond donors (Lipinski definition) is 3. The maximum atomic E-state index is 12.2. The highest BCUT2D eigenvalue weighted by Crippen LogP contribution is 2.15. The molecule has 118 valence electrons. The van der Waals surface area contributed by atoms with Crippen LogP contribution in [0.3, 0.4) is 0 Å². The molecule has 8 nitrogen and oxygen atoms in total. The van der Waals surface area contributed by atoms with Crippen LogP contribution in [0, 0.1) is 5.92 Å². The van der Waals surface area contributed by atoms with Gasteiger partial charge in [0.05, 0.1) is 12.1 Å². The van der Waals surface area contributed by atoms with E-state index in [0.29, 0.717) is 17.8 Å². The molecule has 0 saturated heterocycles. The van der Waals surface area contributed by atoms with Crippen molar-refractivity contribution >= 4 is 18.7 Å². The first-order valence-corrected chi connectivity index (χ1v) is 7.13. The Hall–Kier alpha value is -2.00. The van der Waals surface area contributed by atoms with Crippen LogP contribution in [0.25, 0.3) is 0 Å². The van der Waals surface area contributed by atoms with Crippen molar-refractivity contribution in [3.8, 4) is 0 Å². The molecule has 1 aliphatic rings. The lowest BCUT2D eigenvalue weighted by Crippen LogP contribution is -2.50. The molecule has 2 atom stereocenters. The zero-order chi connectivity index (χ0) is 16.1. The van der Waals surface area contributed by atoms with Crippen molar-refractivity contribution in [1.82, 2.24) is 15.3 Å². The van der Waals surface area contributed by atoms with Crippen LogP contribution in [0.4, 0.5) is 0 Å². The largest absolute Gasteiger partial charge is 0.475 e. The van der Waals surface area contributed by atoms with E-state index in [1.807, 2.05) is 13.8 Å². The van der Waals surface area contributed by atoms with Crippen molar-refractivity contribution in [2.75, 3.05) is 0 Å². The van der Waals surface area contributed by atoms with Crippen molar-refractivity contribution in [3.05, 3.63) is 24.3 Å². The lowest BCUT2D eigenvalue weighted by atomic mass is 9.75. The summed E-state index contributed by atoms with van der Waals surface area (Å²) in [6, 6.07) is 0. The molecule has 3 N–H and O–H groups in total. The summed E-state index contributed by atoms with van der Waals surface area (Å²) in [7, 11) is -1.62. The molecule has 1 amide bonds. The van der Waals surface area contributed by atoms with Crippen molar-refractivity contribution in [2.45, 2.75) is 38.7 Å². The number of hydrogen-bond acceptors (Lipinski definition) is 7. The zero-order valence-electron chi connectivity index (χ0n) is 12.5. The summed E-state index contributed by atoms with van der Waals surface area (Å²) >= 11 is 0. The maximum Gasteiger partial charge on any atom is 0.475 e. The summed E-state index contributed by atoms with van der Waals surface area (Å²) in [5.41, 5.74) is 1.09. The van der Waals surface area contributed by atoms with E-state index in [4.69, 9.17) is 4.84 Å². The molecule has 0 aromatic carbocycles. The Labute approximate surface area is 128 Å². The molecule has 9 heteroatoms. The number of rotatable bonds is 6. The first-order chi connectivity index (χ1) is 10.5. The van der Waals surface area contributed by atoms with Gasteiger partial charge in [0.25, 0.3) is 5.91 Å². The molecule has 2 heterocycles. The Bertz CT molecular complexity index is 538. The standard InChI is InChI=1S/C13H19BN4O4/c1-8(2)5-12(14(20)21)17-13(19)11-6-9(18-22-11)10-7-15-3-4-16-10/h3-4,7-8,11-12,20-21H,5-6H2,1-2H3,(H,17,19)/t11?,12-/m0/s1. The third kappa shape index (κ3) is 4.25. The minimum absolute atomic E-state index is 0.211. The van der Waals surface area contributed by atoms with E-state index in [1.54, 1.807) is 12.4 Å². The van der Waals surface area contributed by atoms with E-state index in [1.165, 1.54) is 6.20 Å². The smallest absolute Gasteiger partial charge is 0.426 e. The number of aromatic nitrogens is 2. The fraction of sp³-hybridized carbons (Fsp3) is 0.538. The second-order valence-electron chi connectivity index (χ2n) is 5.59. The quantitative estimate of drug-likeness (QED) is 0.611. The van der Waals surface area contributed by atoms with Crippen LogP contribution in [-0.4, -0.2) is 50.8 Å². The molecule has 0 fully saturated rings. The predicted octanol–water partition coefficient (Wildman–Crippen LogP) is -0.488. The lowest BCUT2D eigenvalue weighted by Gasteiger charge is -2.20. The molecule has 0 saturated carbocycles. The van der Waals surface area contributed by atoms with E-state index in [9.17, 15) is 14.8 Å². The minimum Gasteiger partial charge on any atom is -0.426 e. The highest BCUT2D eigenvalue weighted by molar-refractivity contribution is 6.43. The van der Waals surface area contributed by atoms with Crippen LogP contribution >= 0.6 is 0 Å². The van der Waals surface area contributed by atoms with Gasteiger partial charge in [-0.05, 0) is 12.3 Å². The van der Waals surface area contributed by atoms with Crippen LogP contribution in [0.1, 0.15) is 32.4 Å². The molecule has 0 aliphatic carbocycles. The first kappa shape index (κ1) is 16.4. The number of carbonyl (C=O) groups excluding carboxylic acids is 1. The van der Waals surface area contributed by atoms with Crippen LogP contribution in [0.5, 0.6) is 0 Å². The van der Waals surface area contributed by atoms with Crippen LogP contribution < -0.4 is 5.32 Å². The summed E-state index contributed by atoms with van der Waals surface area (Å²) < 4.78 is 0. The molecule has 1 aromatic heterocycles. The Morgan fingerprint density at radius 1 is 1.50 bits per heavy atom. The van der Waals surface area contributed by atoms with Gasteiger partial charge in [0.15, 0.2) is 0 Å². The summed E-state index contributed by atoms with van der Waals surface area (Å²) in [5.74, 6) is -0.957. The van der Waals surface area contributed by atoms with Crippen molar-refractivity contribution in [1.29, 1.82) is 0 Å². The van der Waals surface area contributed by atoms with Gasteiger partial charge in [-0.3, -0.25) is 14.8 Å². The fourth-order valence-corrected chi connectivity index (χ4v) is 2.16. The topological polar surface area (TPSA) is 117 Å². The Morgan fingerprint density at radius 3 is 2.86 bits per heavy atom. The molecular weight excluding hydrogens is 287 g/mol. The summed E-state index contributed by atoms with van der Waals surface area (Å²) in [4.78, 5) is 25.3. The van der Waals surface area contributed by atoms with Gasteiger partial charge in [0.2, 0.25) is 6.10 Å². The van der Waals surface area contributed by atoms with Gasteiger partial charge >= 0.3 is 7.12 Å². The predicted molar refractivity (Wildman–Crippen MR) is 79.6 cm³/mol. The molecular formula is C13H19BN4O4. The van der Waals surface area contributed by atoms with Gasteiger partial charge in [-0.15, -0.1) is 0 Å². The van der Waals surface area contributed by atoms with E-state index in [2.05, 4.69) is 20.4 Å². The highest BCUT2D eigenvalue weighted by Gasteiger charge is 2.33.